The molecule has 0 amide bonds. The van der Waals surface area contributed by atoms with Crippen LogP contribution in [0.4, 0.5) is 0 Å². The van der Waals surface area contributed by atoms with Gasteiger partial charge >= 0.3 is 0 Å². The van der Waals surface area contributed by atoms with Crippen LogP contribution in [-0.2, 0) is 4.79 Å². The average molecular weight is 232 g/mol. The maximum absolute atomic E-state index is 12.0. The minimum atomic E-state index is 0.134. The average Bonchev–Trinajstić information content (AvgIpc) is 2.38. The standard InChI is InChI=1S/C14H18O.C2H6/c1-10-8-9-13(15)14(11(10)2)12-6-4-3-5-7-12;1-2/h3-7,10-11,14H,8-9H2,1-2H3;1-2H3/t10-,11+,14+;/m0./s1. The zero-order chi connectivity index (χ0) is 12.8. The van der Waals surface area contributed by atoms with Crippen molar-refractivity contribution >= 4 is 5.78 Å². The molecule has 0 bridgehead atoms. The first-order valence-electron chi connectivity index (χ1n) is 6.78. The van der Waals surface area contributed by atoms with Gasteiger partial charge < -0.3 is 0 Å². The smallest absolute Gasteiger partial charge is 0.140 e. The molecule has 1 heteroatoms. The molecule has 0 saturated heterocycles. The highest BCUT2D eigenvalue weighted by atomic mass is 16.1. The van der Waals surface area contributed by atoms with Gasteiger partial charge in [0.2, 0.25) is 0 Å². The fraction of sp³-hybridized carbons (Fsp3) is 0.562. The quantitative estimate of drug-likeness (QED) is 0.700. The third kappa shape index (κ3) is 3.18. The molecule has 1 aliphatic carbocycles. The third-order valence-electron chi connectivity index (χ3n) is 3.78. The predicted octanol–water partition coefficient (Wildman–Crippen LogP) is 4.43. The van der Waals surface area contributed by atoms with E-state index < -0.39 is 0 Å². The van der Waals surface area contributed by atoms with Crippen molar-refractivity contribution in [3.8, 4) is 0 Å². The summed E-state index contributed by atoms with van der Waals surface area (Å²) in [7, 11) is 0. The Bertz CT molecular complexity index is 342. The maximum Gasteiger partial charge on any atom is 0.140 e. The Balaban J connectivity index is 0.000000686. The van der Waals surface area contributed by atoms with Crippen LogP contribution in [0.25, 0.3) is 0 Å². The molecule has 0 aliphatic heterocycles. The zero-order valence-corrected chi connectivity index (χ0v) is 11.4. The summed E-state index contributed by atoms with van der Waals surface area (Å²) in [4.78, 5) is 12.0. The fourth-order valence-corrected chi connectivity index (χ4v) is 2.56. The Labute approximate surface area is 105 Å². The monoisotopic (exact) mass is 232 g/mol. The van der Waals surface area contributed by atoms with Crippen LogP contribution in [0, 0.1) is 11.8 Å². The summed E-state index contributed by atoms with van der Waals surface area (Å²) in [6.07, 6.45) is 1.81. The van der Waals surface area contributed by atoms with E-state index in [1.54, 1.807) is 0 Å². The summed E-state index contributed by atoms with van der Waals surface area (Å²) in [6, 6.07) is 10.2. The van der Waals surface area contributed by atoms with E-state index in [2.05, 4.69) is 26.0 Å². The lowest BCUT2D eigenvalue weighted by atomic mass is 9.70. The zero-order valence-electron chi connectivity index (χ0n) is 11.4. The van der Waals surface area contributed by atoms with E-state index in [4.69, 9.17) is 0 Å². The molecule has 17 heavy (non-hydrogen) atoms. The molecule has 1 fully saturated rings. The Kier molecular flexibility index (Phi) is 5.40. The number of carbonyl (C=O) groups excluding carboxylic acids is 1. The van der Waals surface area contributed by atoms with E-state index in [9.17, 15) is 4.79 Å². The molecule has 94 valence electrons. The highest BCUT2D eigenvalue weighted by Crippen LogP contribution is 2.38. The first-order chi connectivity index (χ1) is 8.20. The second kappa shape index (κ2) is 6.58. The highest BCUT2D eigenvalue weighted by Gasteiger charge is 2.34. The van der Waals surface area contributed by atoms with E-state index in [1.165, 1.54) is 5.56 Å². The molecule has 1 saturated carbocycles. The van der Waals surface area contributed by atoms with Gasteiger partial charge in [0, 0.05) is 12.3 Å². The molecule has 0 N–H and O–H groups in total. The van der Waals surface area contributed by atoms with Crippen LogP contribution in [0.1, 0.15) is 52.0 Å². The van der Waals surface area contributed by atoms with Gasteiger partial charge in [-0.05, 0) is 23.8 Å². The Morgan fingerprint density at radius 3 is 2.24 bits per heavy atom. The fourth-order valence-electron chi connectivity index (χ4n) is 2.56. The summed E-state index contributed by atoms with van der Waals surface area (Å²) in [5, 5.41) is 0. The molecule has 0 radical (unpaired) electrons. The molecule has 1 aromatic carbocycles. The Morgan fingerprint density at radius 1 is 1.06 bits per heavy atom. The Morgan fingerprint density at radius 2 is 1.65 bits per heavy atom. The van der Waals surface area contributed by atoms with Crippen LogP contribution in [0.5, 0.6) is 0 Å². The van der Waals surface area contributed by atoms with E-state index in [1.807, 2.05) is 32.0 Å². The number of hydrogen-bond acceptors (Lipinski definition) is 1. The normalized spacial score (nSPS) is 28.2. The highest BCUT2D eigenvalue weighted by molar-refractivity contribution is 5.86. The number of Topliss-reactive ketones (excluding diaryl/α,β-unsaturated/α-hetero) is 1. The van der Waals surface area contributed by atoms with Gasteiger partial charge in [-0.25, -0.2) is 0 Å². The van der Waals surface area contributed by atoms with Crippen LogP contribution < -0.4 is 0 Å². The largest absolute Gasteiger partial charge is 0.299 e. The second-order valence-corrected chi connectivity index (χ2v) is 4.73. The molecular weight excluding hydrogens is 208 g/mol. The van der Waals surface area contributed by atoms with Crippen molar-refractivity contribution < 1.29 is 4.79 Å². The van der Waals surface area contributed by atoms with Crippen molar-refractivity contribution in [2.45, 2.75) is 46.5 Å². The molecule has 1 nitrogen and oxygen atoms in total. The van der Waals surface area contributed by atoms with E-state index in [0.29, 0.717) is 17.6 Å². The molecule has 2 rings (SSSR count). The molecule has 3 atom stereocenters. The van der Waals surface area contributed by atoms with Gasteiger partial charge in [-0.15, -0.1) is 0 Å². The van der Waals surface area contributed by atoms with Gasteiger partial charge in [-0.2, -0.15) is 0 Å². The van der Waals surface area contributed by atoms with E-state index >= 15 is 0 Å². The summed E-state index contributed by atoms with van der Waals surface area (Å²) >= 11 is 0. The number of carbonyl (C=O) groups is 1. The second-order valence-electron chi connectivity index (χ2n) is 4.73. The number of ketones is 1. The van der Waals surface area contributed by atoms with Gasteiger partial charge in [-0.1, -0.05) is 58.0 Å². The Hall–Kier alpha value is -1.11. The van der Waals surface area contributed by atoms with Crippen molar-refractivity contribution in [3.05, 3.63) is 35.9 Å². The number of hydrogen-bond donors (Lipinski definition) is 0. The van der Waals surface area contributed by atoms with Crippen LogP contribution in [0.15, 0.2) is 30.3 Å². The van der Waals surface area contributed by atoms with Crippen molar-refractivity contribution in [3.63, 3.8) is 0 Å². The lowest BCUT2D eigenvalue weighted by Crippen LogP contribution is -2.30. The van der Waals surface area contributed by atoms with Crippen molar-refractivity contribution in [1.82, 2.24) is 0 Å². The summed E-state index contributed by atoms with van der Waals surface area (Å²) < 4.78 is 0. The van der Waals surface area contributed by atoms with E-state index in [-0.39, 0.29) is 5.92 Å². The lowest BCUT2D eigenvalue weighted by Gasteiger charge is -2.33. The van der Waals surface area contributed by atoms with Crippen molar-refractivity contribution in [2.75, 3.05) is 0 Å². The number of rotatable bonds is 1. The van der Waals surface area contributed by atoms with Gasteiger partial charge in [0.15, 0.2) is 0 Å². The number of benzene rings is 1. The summed E-state index contributed by atoms with van der Waals surface area (Å²) in [6.45, 7) is 8.46. The van der Waals surface area contributed by atoms with Crippen molar-refractivity contribution in [1.29, 1.82) is 0 Å². The first-order valence-corrected chi connectivity index (χ1v) is 6.78. The van der Waals surface area contributed by atoms with Gasteiger partial charge in [0.25, 0.3) is 0 Å². The minimum Gasteiger partial charge on any atom is -0.299 e. The topological polar surface area (TPSA) is 17.1 Å². The van der Waals surface area contributed by atoms with Crippen LogP contribution in [-0.4, -0.2) is 5.78 Å². The first kappa shape index (κ1) is 14.0. The van der Waals surface area contributed by atoms with Gasteiger partial charge in [0.1, 0.15) is 5.78 Å². The molecule has 0 aromatic heterocycles. The lowest BCUT2D eigenvalue weighted by molar-refractivity contribution is -0.124. The predicted molar refractivity (Wildman–Crippen MR) is 73.1 cm³/mol. The molecule has 0 heterocycles. The van der Waals surface area contributed by atoms with Gasteiger partial charge in [-0.3, -0.25) is 4.79 Å². The SMILES string of the molecule is CC.C[C@@H]1[C@@H](C)CCC(=O)[C@H]1c1ccccc1. The molecular formula is C16H24O. The molecule has 1 aliphatic rings. The van der Waals surface area contributed by atoms with Crippen LogP contribution in [0.3, 0.4) is 0 Å². The summed E-state index contributed by atoms with van der Waals surface area (Å²) in [5.74, 6) is 1.70. The van der Waals surface area contributed by atoms with Crippen molar-refractivity contribution in [2.24, 2.45) is 11.8 Å². The molecule has 1 aromatic rings. The molecule has 0 spiro atoms. The maximum atomic E-state index is 12.0. The van der Waals surface area contributed by atoms with Crippen LogP contribution >= 0.6 is 0 Å². The summed E-state index contributed by atoms with van der Waals surface area (Å²) in [5.41, 5.74) is 1.20. The van der Waals surface area contributed by atoms with E-state index in [0.717, 1.165) is 12.8 Å². The minimum absolute atomic E-state index is 0.134. The molecule has 0 unspecified atom stereocenters. The van der Waals surface area contributed by atoms with Crippen LogP contribution in [0.2, 0.25) is 0 Å². The third-order valence-corrected chi connectivity index (χ3v) is 3.78. The van der Waals surface area contributed by atoms with Gasteiger partial charge in [0.05, 0.1) is 0 Å².